The van der Waals surface area contributed by atoms with Gasteiger partial charge < -0.3 is 15.5 Å². The minimum Gasteiger partial charge on any atom is -0.348 e. The molecular weight excluding hydrogens is 1390 g/mol. The molecule has 0 saturated carbocycles. The lowest BCUT2D eigenvalue weighted by Crippen LogP contribution is -2.28. The zero-order valence-electron chi connectivity index (χ0n) is 49.4. The van der Waals surface area contributed by atoms with Gasteiger partial charge in [0.15, 0.2) is 5.71 Å². The molecule has 9 rings (SSSR count). The van der Waals surface area contributed by atoms with Gasteiger partial charge >= 0.3 is 0 Å². The molecule has 0 aliphatic carbocycles. The van der Waals surface area contributed by atoms with Crippen LogP contribution in [0.3, 0.4) is 0 Å². The van der Waals surface area contributed by atoms with Crippen molar-refractivity contribution in [3.05, 3.63) is 155 Å². The van der Waals surface area contributed by atoms with Crippen molar-refractivity contribution in [2.75, 3.05) is 34.8 Å². The Kier molecular flexibility index (Phi) is 19.1. The molecule has 2 aliphatic rings. The molecule has 500 valence electrons. The molecule has 94 heavy (non-hydrogen) atoms. The molecular formula is C56H57N8O22S8+. The fourth-order valence-electron chi connectivity index (χ4n) is 11.3. The Hall–Kier alpha value is -7.67. The number of anilines is 2. The summed E-state index contributed by atoms with van der Waals surface area (Å²) in [5, 5.41) is 16.8. The predicted octanol–water partition coefficient (Wildman–Crippen LogP) is 5.24. The van der Waals surface area contributed by atoms with Crippen molar-refractivity contribution in [3.8, 4) is 0 Å². The van der Waals surface area contributed by atoms with Gasteiger partial charge in [0.05, 0.1) is 44.4 Å². The highest BCUT2D eigenvalue weighted by Gasteiger charge is 2.47. The van der Waals surface area contributed by atoms with E-state index in [1.54, 1.807) is 73.6 Å². The summed E-state index contributed by atoms with van der Waals surface area (Å²) in [5.41, 5.74) is 0.456. The number of carbonyl (C=O) groups excluding carboxylic acids is 2. The van der Waals surface area contributed by atoms with E-state index in [1.807, 2.05) is 0 Å². The zero-order chi connectivity index (χ0) is 69.3. The molecule has 7 aromatic rings. The highest BCUT2D eigenvalue weighted by molar-refractivity contribution is 7.91. The number of carbonyl (C=O) groups is 2. The smallest absolute Gasteiger partial charge is 0.295 e. The highest BCUT2D eigenvalue weighted by Crippen LogP contribution is 2.52. The van der Waals surface area contributed by atoms with E-state index in [0.717, 1.165) is 12.1 Å². The van der Waals surface area contributed by atoms with E-state index < -0.39 is 129 Å². The molecule has 0 spiro atoms. The Morgan fingerprint density at radius 1 is 0.649 bits per heavy atom. The number of allylic oxidation sites excluding steroid dienone is 6. The normalized spacial score (nSPS) is 15.9. The van der Waals surface area contributed by atoms with Gasteiger partial charge in [-0.2, -0.15) is 55.1 Å². The van der Waals surface area contributed by atoms with Crippen molar-refractivity contribution in [1.82, 2.24) is 20.5 Å². The van der Waals surface area contributed by atoms with E-state index in [1.165, 1.54) is 54.7 Å². The van der Waals surface area contributed by atoms with Crippen LogP contribution in [0, 0.1) is 0 Å². The van der Waals surface area contributed by atoms with Crippen LogP contribution in [0.5, 0.6) is 0 Å². The number of rotatable bonds is 23. The lowest BCUT2D eigenvalue weighted by Gasteiger charge is -2.27. The van der Waals surface area contributed by atoms with Crippen LogP contribution in [-0.2, 0) is 99.3 Å². The number of hydrogen-bond acceptors (Lipinski definition) is 21. The molecule has 30 nitrogen and oxygen atoms in total. The summed E-state index contributed by atoms with van der Waals surface area (Å²) in [7, 11) is -33.9. The van der Waals surface area contributed by atoms with Gasteiger partial charge in [-0.3, -0.25) is 41.9 Å². The summed E-state index contributed by atoms with van der Waals surface area (Å²) in [6, 6.07) is 18.0. The average molecular weight is 1450 g/mol. The third-order valence-electron chi connectivity index (χ3n) is 15.4. The molecule has 5 aromatic carbocycles. The maximum atomic E-state index is 13.8. The second-order valence-electron chi connectivity index (χ2n) is 22.7. The summed E-state index contributed by atoms with van der Waals surface area (Å²) in [5.74, 6) is -2.63. The third-order valence-corrected chi connectivity index (χ3v) is 22.6. The van der Waals surface area contributed by atoms with Crippen molar-refractivity contribution >= 4 is 143 Å². The Labute approximate surface area is 543 Å². The van der Waals surface area contributed by atoms with E-state index in [2.05, 4.69) is 25.8 Å². The summed E-state index contributed by atoms with van der Waals surface area (Å²) in [6.45, 7) is 6.25. The number of hydrogen-bond donors (Lipinski definition) is 9. The highest BCUT2D eigenvalue weighted by atomic mass is 32.3. The fourth-order valence-corrected chi connectivity index (χ4v) is 16.4. The van der Waals surface area contributed by atoms with Crippen LogP contribution in [0.1, 0.15) is 78.8 Å². The van der Waals surface area contributed by atoms with Crippen LogP contribution in [0.15, 0.2) is 145 Å². The van der Waals surface area contributed by atoms with E-state index in [4.69, 9.17) is 5.14 Å². The molecule has 2 aliphatic heterocycles. The number of benzene rings is 5. The topological polar surface area (TPSA) is 489 Å². The van der Waals surface area contributed by atoms with Crippen molar-refractivity contribution in [3.63, 3.8) is 0 Å². The number of nitrogens with two attached hydrogens (primary N) is 1. The molecule has 4 heterocycles. The average Bonchev–Trinajstić information content (AvgIpc) is 1.50. The predicted molar refractivity (Wildman–Crippen MR) is 343 cm³/mol. The van der Waals surface area contributed by atoms with Crippen LogP contribution in [0.2, 0.25) is 0 Å². The molecule has 0 unspecified atom stereocenters. The Bertz CT molecular complexity index is 5320. The second kappa shape index (κ2) is 25.5. The number of pyridine rings is 1. The Balaban J connectivity index is 1.15. The second-order valence-corrected chi connectivity index (χ2v) is 34.1. The summed E-state index contributed by atoms with van der Waals surface area (Å²) in [6.07, 6.45) is 6.82. The number of nitrogens with zero attached hydrogens (tertiary/aromatic N) is 5. The molecule has 0 fully saturated rings. The standard InChI is InChI=1S/C56H56N8O22S8/c1-55(2)47(63(21-5-23-88(67,68)69)43-17-14-38-40(50(43)55)26-36(91(75,76)77)28-45(38)93(81,82)83)19-12-34(42-16-11-35(31-58-42)52(66)59-30-33-9-7-32(8-10-33)25-49(65)60-53-61-62-54(87-53)90(57,73)74)13-20-48-56(3,4)51-41-27-37(92(78,79)80)29-46(94(84,85)86)39(41)15-18-44(51)64(48)22-6-24-89(70,71)72/h7-20,26-29,31H,5-6,21-25,30H2,1-4H3,(H9-,57,59,60,61,65,66,67,68,69,70,71,72,73,74,75,76,77,78,79,80,81,82,83,84,85,86)/p+1. The van der Waals surface area contributed by atoms with Gasteiger partial charge in [0.25, 0.3) is 76.6 Å². The van der Waals surface area contributed by atoms with Crippen LogP contribution >= 0.6 is 11.3 Å². The quantitative estimate of drug-likeness (QED) is 0.0171. The summed E-state index contributed by atoms with van der Waals surface area (Å²) >= 11 is 0.569. The first-order valence-corrected chi connectivity index (χ1v) is 38.7. The van der Waals surface area contributed by atoms with Gasteiger partial charge in [-0.05, 0) is 108 Å². The first kappa shape index (κ1) is 70.6. The van der Waals surface area contributed by atoms with Gasteiger partial charge in [0, 0.05) is 76.6 Å². The first-order valence-electron chi connectivity index (χ1n) is 27.4. The van der Waals surface area contributed by atoms with Gasteiger partial charge in [-0.1, -0.05) is 61.6 Å². The monoisotopic (exact) mass is 1450 g/mol. The molecule has 38 heteroatoms. The number of amides is 2. The van der Waals surface area contributed by atoms with Gasteiger partial charge in [0.2, 0.25) is 21.1 Å². The van der Waals surface area contributed by atoms with Crippen molar-refractivity contribution < 1.29 is 100 Å². The third kappa shape index (κ3) is 15.5. The Morgan fingerprint density at radius 2 is 1.21 bits per heavy atom. The van der Waals surface area contributed by atoms with Crippen molar-refractivity contribution in [2.45, 2.75) is 88.3 Å². The number of primary sulfonamides is 1. The van der Waals surface area contributed by atoms with Crippen LogP contribution in [0.4, 0.5) is 16.5 Å². The largest absolute Gasteiger partial charge is 0.348 e. The number of fused-ring (bicyclic) bond motifs is 6. The molecule has 10 N–H and O–H groups in total. The van der Waals surface area contributed by atoms with E-state index in [9.17, 15) is 95.8 Å². The fraction of sp³-hybridized carbons (Fsp3) is 0.250. The van der Waals surface area contributed by atoms with Crippen LogP contribution in [0.25, 0.3) is 27.1 Å². The lowest BCUT2D eigenvalue weighted by molar-refractivity contribution is -0.437. The van der Waals surface area contributed by atoms with Crippen LogP contribution in [-0.4, -0.2) is 148 Å². The minimum atomic E-state index is -5.19. The molecule has 0 saturated heterocycles. The number of sulfonamides is 1. The summed E-state index contributed by atoms with van der Waals surface area (Å²) in [4.78, 5) is 29.2. The van der Waals surface area contributed by atoms with E-state index in [0.29, 0.717) is 46.0 Å². The number of aromatic nitrogens is 3. The minimum absolute atomic E-state index is 0.0147. The SMILES string of the molecule is CC1(C)C(/C=C/C(=C/C=C2/N(CCCS(=O)(=O)O)c3ccc4c(S(=O)(=O)O)cc(S(=O)(=O)O)cc4c3C2(C)C)c2ccc(C(=O)NCc3ccc(CC(=O)Nc4nnc(S(N)(=O)=O)s4)cc3)cn2)=[N+](CCCS(=O)(=O)O)c2ccc3c(S(=O)(=O)O)cc(S(=O)(=O)O)cc3c21. The van der Waals surface area contributed by atoms with Gasteiger partial charge in [-0.15, -0.1) is 10.2 Å². The van der Waals surface area contributed by atoms with E-state index >= 15 is 0 Å². The lowest BCUT2D eigenvalue weighted by atomic mass is 9.79. The molecule has 0 bridgehead atoms. The van der Waals surface area contributed by atoms with Crippen molar-refractivity contribution in [1.29, 1.82) is 0 Å². The van der Waals surface area contributed by atoms with Gasteiger partial charge in [0.1, 0.15) is 16.3 Å². The maximum absolute atomic E-state index is 13.8. The molecule has 0 atom stereocenters. The maximum Gasteiger partial charge on any atom is 0.295 e. The molecule has 2 aromatic heterocycles. The van der Waals surface area contributed by atoms with E-state index in [-0.39, 0.29) is 105 Å². The first-order chi connectivity index (χ1) is 43.3. The zero-order valence-corrected chi connectivity index (χ0v) is 56.0. The van der Waals surface area contributed by atoms with Gasteiger partial charge in [-0.25, -0.2) is 13.6 Å². The molecule has 2 amide bonds. The number of nitrogens with one attached hydrogen (secondary N) is 2. The van der Waals surface area contributed by atoms with Crippen molar-refractivity contribution in [2.24, 2.45) is 5.14 Å². The summed E-state index contributed by atoms with van der Waals surface area (Å²) < 4.78 is 236. The molecule has 0 radical (unpaired) electrons. The van der Waals surface area contributed by atoms with Crippen LogP contribution < -0.4 is 20.7 Å². The Morgan fingerprint density at radius 3 is 1.74 bits per heavy atom.